The van der Waals surface area contributed by atoms with Crippen LogP contribution in [0.25, 0.3) is 0 Å². The Morgan fingerprint density at radius 3 is 2.67 bits per heavy atom. The molecule has 1 saturated carbocycles. The summed E-state index contributed by atoms with van der Waals surface area (Å²) in [7, 11) is -3.54. The van der Waals surface area contributed by atoms with E-state index in [9.17, 15) is 13.2 Å². The Balaban J connectivity index is 2.11. The zero-order valence-corrected chi connectivity index (χ0v) is 13.1. The molecule has 0 saturated heterocycles. The van der Waals surface area contributed by atoms with E-state index in [-0.39, 0.29) is 16.8 Å². The Labute approximate surface area is 126 Å². The molecule has 0 unspecified atom stereocenters. The van der Waals surface area contributed by atoms with Gasteiger partial charge in [-0.1, -0.05) is 25.8 Å². The smallest absolute Gasteiger partial charge is 0.251 e. The van der Waals surface area contributed by atoms with Gasteiger partial charge in [0, 0.05) is 18.2 Å². The van der Waals surface area contributed by atoms with Crippen LogP contribution in [0, 0.1) is 0 Å². The number of hydrogen-bond donors (Lipinski definition) is 2. The highest BCUT2D eigenvalue weighted by molar-refractivity contribution is 7.89. The second kappa shape index (κ2) is 7.04. The zero-order chi connectivity index (χ0) is 15.3. The van der Waals surface area contributed by atoms with Gasteiger partial charge in [0.05, 0.1) is 4.90 Å². The van der Waals surface area contributed by atoms with E-state index in [4.69, 9.17) is 0 Å². The predicted octanol–water partition coefficient (Wildman–Crippen LogP) is 2.05. The lowest BCUT2D eigenvalue weighted by molar-refractivity contribution is 0.0937. The third-order valence-electron chi connectivity index (χ3n) is 3.64. The van der Waals surface area contributed by atoms with Crippen LogP contribution in [0.1, 0.15) is 49.4 Å². The molecule has 0 aromatic heterocycles. The van der Waals surface area contributed by atoms with Crippen molar-refractivity contribution in [3.05, 3.63) is 29.8 Å². The number of carbonyl (C=O) groups excluding carboxylic acids is 1. The normalized spacial score (nSPS) is 16.0. The van der Waals surface area contributed by atoms with Crippen LogP contribution in [0.3, 0.4) is 0 Å². The zero-order valence-electron chi connectivity index (χ0n) is 12.3. The molecule has 21 heavy (non-hydrogen) atoms. The number of hydrogen-bond acceptors (Lipinski definition) is 3. The summed E-state index contributed by atoms with van der Waals surface area (Å²) in [6.45, 7) is 2.29. The average molecular weight is 310 g/mol. The van der Waals surface area contributed by atoms with Crippen LogP contribution in [0.15, 0.2) is 29.2 Å². The standard InChI is InChI=1S/C15H22N2O3S/c1-2-10-16-21(19,20)14-9-5-6-12(11-14)15(18)17-13-7-3-4-8-13/h5-6,9,11,13,16H,2-4,7-8,10H2,1H3,(H,17,18). The summed E-state index contributed by atoms with van der Waals surface area (Å²) < 4.78 is 26.6. The van der Waals surface area contributed by atoms with Crippen molar-refractivity contribution in [2.75, 3.05) is 6.54 Å². The van der Waals surface area contributed by atoms with Gasteiger partial charge in [0.25, 0.3) is 5.91 Å². The van der Waals surface area contributed by atoms with Crippen LogP contribution >= 0.6 is 0 Å². The molecular weight excluding hydrogens is 288 g/mol. The molecule has 0 bridgehead atoms. The van der Waals surface area contributed by atoms with Gasteiger partial charge in [-0.2, -0.15) is 0 Å². The number of benzene rings is 1. The van der Waals surface area contributed by atoms with E-state index in [2.05, 4.69) is 10.0 Å². The van der Waals surface area contributed by atoms with Crippen LogP contribution in [-0.2, 0) is 10.0 Å². The molecular formula is C15H22N2O3S. The Morgan fingerprint density at radius 1 is 1.29 bits per heavy atom. The molecule has 0 atom stereocenters. The minimum absolute atomic E-state index is 0.134. The van der Waals surface area contributed by atoms with E-state index in [0.29, 0.717) is 12.1 Å². The minimum Gasteiger partial charge on any atom is -0.349 e. The maximum atomic E-state index is 12.2. The van der Waals surface area contributed by atoms with E-state index in [1.165, 1.54) is 12.1 Å². The number of rotatable bonds is 6. The molecule has 116 valence electrons. The van der Waals surface area contributed by atoms with Crippen molar-refractivity contribution in [1.82, 2.24) is 10.0 Å². The van der Waals surface area contributed by atoms with Crippen molar-refractivity contribution in [3.63, 3.8) is 0 Å². The van der Waals surface area contributed by atoms with Gasteiger partial charge < -0.3 is 5.32 Å². The molecule has 1 aromatic rings. The molecule has 1 aliphatic carbocycles. The van der Waals surface area contributed by atoms with Gasteiger partial charge in [-0.3, -0.25) is 4.79 Å². The van der Waals surface area contributed by atoms with Crippen molar-refractivity contribution < 1.29 is 13.2 Å². The van der Waals surface area contributed by atoms with Gasteiger partial charge in [0.1, 0.15) is 0 Å². The molecule has 1 aromatic carbocycles. The molecule has 0 aliphatic heterocycles. The lowest BCUT2D eigenvalue weighted by Crippen LogP contribution is -2.32. The molecule has 1 aliphatic rings. The lowest BCUT2D eigenvalue weighted by atomic mass is 10.2. The van der Waals surface area contributed by atoms with Crippen LogP contribution in [0.5, 0.6) is 0 Å². The molecule has 1 amide bonds. The quantitative estimate of drug-likeness (QED) is 0.844. The van der Waals surface area contributed by atoms with Crippen LogP contribution in [0.2, 0.25) is 0 Å². The molecule has 0 heterocycles. The van der Waals surface area contributed by atoms with E-state index < -0.39 is 10.0 Å². The Morgan fingerprint density at radius 2 is 2.00 bits per heavy atom. The number of carbonyl (C=O) groups is 1. The third-order valence-corrected chi connectivity index (χ3v) is 5.10. The highest BCUT2D eigenvalue weighted by Gasteiger charge is 2.19. The SMILES string of the molecule is CCCNS(=O)(=O)c1cccc(C(=O)NC2CCCC2)c1. The first kappa shape index (κ1) is 16.0. The van der Waals surface area contributed by atoms with Crippen LogP contribution < -0.4 is 10.0 Å². The molecule has 1 fully saturated rings. The summed E-state index contributed by atoms with van der Waals surface area (Å²) in [5.41, 5.74) is 0.390. The largest absolute Gasteiger partial charge is 0.349 e. The molecule has 6 heteroatoms. The van der Waals surface area contributed by atoms with Gasteiger partial charge >= 0.3 is 0 Å². The topological polar surface area (TPSA) is 75.3 Å². The maximum absolute atomic E-state index is 12.2. The van der Waals surface area contributed by atoms with Crippen molar-refractivity contribution in [1.29, 1.82) is 0 Å². The minimum atomic E-state index is -3.54. The van der Waals surface area contributed by atoms with Crippen molar-refractivity contribution in [2.45, 2.75) is 50.0 Å². The molecule has 0 radical (unpaired) electrons. The molecule has 2 rings (SSSR count). The second-order valence-corrected chi connectivity index (χ2v) is 7.15. The summed E-state index contributed by atoms with van der Waals surface area (Å²) in [6, 6.07) is 6.40. The fraction of sp³-hybridized carbons (Fsp3) is 0.533. The Kier molecular flexibility index (Phi) is 5.36. The molecule has 5 nitrogen and oxygen atoms in total. The van der Waals surface area contributed by atoms with Crippen molar-refractivity contribution >= 4 is 15.9 Å². The highest BCUT2D eigenvalue weighted by Crippen LogP contribution is 2.18. The van der Waals surface area contributed by atoms with Gasteiger partial charge in [-0.25, -0.2) is 13.1 Å². The fourth-order valence-electron chi connectivity index (χ4n) is 2.46. The predicted molar refractivity (Wildman–Crippen MR) is 81.6 cm³/mol. The first-order chi connectivity index (χ1) is 10.0. The Hall–Kier alpha value is -1.40. The maximum Gasteiger partial charge on any atom is 0.251 e. The van der Waals surface area contributed by atoms with E-state index in [1.54, 1.807) is 12.1 Å². The first-order valence-corrected chi connectivity index (χ1v) is 8.92. The summed E-state index contributed by atoms with van der Waals surface area (Å²) >= 11 is 0. The van der Waals surface area contributed by atoms with E-state index in [1.807, 2.05) is 6.92 Å². The van der Waals surface area contributed by atoms with Crippen LogP contribution in [-0.4, -0.2) is 26.9 Å². The van der Waals surface area contributed by atoms with Gasteiger partial charge in [-0.05, 0) is 37.5 Å². The summed E-state index contributed by atoms with van der Waals surface area (Å²) in [6.07, 6.45) is 5.01. The third kappa shape index (κ3) is 4.28. The van der Waals surface area contributed by atoms with Crippen LogP contribution in [0.4, 0.5) is 0 Å². The van der Waals surface area contributed by atoms with Crippen molar-refractivity contribution in [3.8, 4) is 0 Å². The average Bonchev–Trinajstić information content (AvgIpc) is 2.98. The summed E-state index contributed by atoms with van der Waals surface area (Å²) in [5, 5.41) is 2.96. The Bertz CT molecular complexity index is 593. The highest BCUT2D eigenvalue weighted by atomic mass is 32.2. The molecule has 0 spiro atoms. The summed E-state index contributed by atoms with van der Waals surface area (Å²) in [5.74, 6) is -0.200. The van der Waals surface area contributed by atoms with E-state index >= 15 is 0 Å². The second-order valence-electron chi connectivity index (χ2n) is 5.38. The molecule has 2 N–H and O–H groups in total. The van der Waals surface area contributed by atoms with Gasteiger partial charge in [-0.15, -0.1) is 0 Å². The fourth-order valence-corrected chi connectivity index (χ4v) is 3.64. The van der Waals surface area contributed by atoms with E-state index in [0.717, 1.165) is 32.1 Å². The number of nitrogens with one attached hydrogen (secondary N) is 2. The first-order valence-electron chi connectivity index (χ1n) is 7.43. The monoisotopic (exact) mass is 310 g/mol. The van der Waals surface area contributed by atoms with Crippen molar-refractivity contribution in [2.24, 2.45) is 0 Å². The lowest BCUT2D eigenvalue weighted by Gasteiger charge is -2.12. The number of amides is 1. The van der Waals surface area contributed by atoms with Gasteiger partial charge in [0.15, 0.2) is 0 Å². The number of sulfonamides is 1. The summed E-state index contributed by atoms with van der Waals surface area (Å²) in [4.78, 5) is 12.3. The van der Waals surface area contributed by atoms with Gasteiger partial charge in [0.2, 0.25) is 10.0 Å².